The molecule has 1 heterocycles. The van der Waals surface area contributed by atoms with Crippen molar-refractivity contribution >= 4 is 35.1 Å². The van der Waals surface area contributed by atoms with Gasteiger partial charge in [0.05, 0.1) is 14.2 Å². The van der Waals surface area contributed by atoms with Gasteiger partial charge in [-0.3, -0.25) is 10.1 Å². The number of methoxy groups -OCH3 is 2. The van der Waals surface area contributed by atoms with Gasteiger partial charge < -0.3 is 13.9 Å². The Balaban J connectivity index is 1.79. The number of nitrogens with one attached hydrogen (secondary N) is 1. The Morgan fingerprint density at radius 2 is 1.69 bits per heavy atom. The van der Waals surface area contributed by atoms with E-state index >= 15 is 0 Å². The van der Waals surface area contributed by atoms with Crippen LogP contribution in [0.5, 0.6) is 11.5 Å². The molecule has 1 aromatic heterocycles. The number of anilines is 1. The summed E-state index contributed by atoms with van der Waals surface area (Å²) >= 11 is 11.9. The quantitative estimate of drug-likeness (QED) is 0.694. The molecule has 0 saturated carbocycles. The van der Waals surface area contributed by atoms with Crippen LogP contribution in [0.15, 0.2) is 40.8 Å². The van der Waals surface area contributed by atoms with E-state index in [1.54, 1.807) is 36.4 Å². The molecule has 2 aromatic carbocycles. The van der Waals surface area contributed by atoms with Crippen molar-refractivity contribution in [3.8, 4) is 23.0 Å². The number of amides is 1. The van der Waals surface area contributed by atoms with Crippen molar-refractivity contribution < 1.29 is 18.7 Å². The summed E-state index contributed by atoms with van der Waals surface area (Å²) in [5, 5.41) is 11.1. The topological polar surface area (TPSA) is 86.5 Å². The van der Waals surface area contributed by atoms with Gasteiger partial charge in [0.1, 0.15) is 0 Å². The molecule has 0 fully saturated rings. The lowest BCUT2D eigenvalue weighted by atomic mass is 10.2. The Bertz CT molecular complexity index is 939. The highest BCUT2D eigenvalue weighted by atomic mass is 35.5. The van der Waals surface area contributed by atoms with E-state index in [1.165, 1.54) is 14.2 Å². The van der Waals surface area contributed by atoms with Crippen LogP contribution < -0.4 is 14.8 Å². The molecule has 3 aromatic rings. The molecule has 0 unspecified atom stereocenters. The molecule has 9 heteroatoms. The lowest BCUT2D eigenvalue weighted by Crippen LogP contribution is -2.12. The van der Waals surface area contributed by atoms with Gasteiger partial charge >= 0.3 is 6.01 Å². The summed E-state index contributed by atoms with van der Waals surface area (Å²) < 4.78 is 15.8. The zero-order chi connectivity index (χ0) is 18.7. The smallest absolute Gasteiger partial charge is 0.322 e. The van der Waals surface area contributed by atoms with E-state index in [0.717, 1.165) is 0 Å². The highest BCUT2D eigenvalue weighted by Gasteiger charge is 2.15. The molecule has 0 saturated heterocycles. The number of ether oxygens (including phenoxy) is 2. The number of carbonyl (C=O) groups excluding carboxylic acids is 1. The maximum absolute atomic E-state index is 12.4. The Kier molecular flexibility index (Phi) is 5.29. The molecule has 1 amide bonds. The van der Waals surface area contributed by atoms with Gasteiger partial charge in [0.15, 0.2) is 11.5 Å². The fraction of sp³-hybridized carbons (Fsp3) is 0.118. The number of nitrogens with zero attached hydrogens (tertiary/aromatic N) is 2. The van der Waals surface area contributed by atoms with Crippen molar-refractivity contribution in [2.24, 2.45) is 0 Å². The van der Waals surface area contributed by atoms with Crippen molar-refractivity contribution in [2.45, 2.75) is 0 Å². The molecule has 0 bridgehead atoms. The van der Waals surface area contributed by atoms with E-state index in [1.807, 2.05) is 0 Å². The average Bonchev–Trinajstić information content (AvgIpc) is 3.08. The highest BCUT2D eigenvalue weighted by molar-refractivity contribution is 6.35. The summed E-state index contributed by atoms with van der Waals surface area (Å²) in [6.07, 6.45) is 0. The van der Waals surface area contributed by atoms with Crippen LogP contribution in [0.3, 0.4) is 0 Å². The third-order valence-corrected chi connectivity index (χ3v) is 3.84. The van der Waals surface area contributed by atoms with Crippen molar-refractivity contribution in [1.82, 2.24) is 10.2 Å². The average molecular weight is 394 g/mol. The Hall–Kier alpha value is -2.77. The van der Waals surface area contributed by atoms with Crippen LogP contribution in [0.2, 0.25) is 10.0 Å². The van der Waals surface area contributed by atoms with Gasteiger partial charge in [0.2, 0.25) is 5.89 Å². The zero-order valence-corrected chi connectivity index (χ0v) is 15.3. The van der Waals surface area contributed by atoms with Crippen LogP contribution in [0.4, 0.5) is 6.01 Å². The molecular formula is C17H13Cl2N3O4. The van der Waals surface area contributed by atoms with E-state index in [0.29, 0.717) is 32.7 Å². The number of hydrogen-bond acceptors (Lipinski definition) is 6. The number of hydrogen-bond donors (Lipinski definition) is 1. The van der Waals surface area contributed by atoms with Crippen molar-refractivity contribution in [2.75, 3.05) is 19.5 Å². The molecule has 134 valence electrons. The fourth-order valence-electron chi connectivity index (χ4n) is 2.21. The summed E-state index contributed by atoms with van der Waals surface area (Å²) in [5.41, 5.74) is 0.884. The molecule has 0 spiro atoms. The number of benzene rings is 2. The molecule has 0 aliphatic heterocycles. The number of rotatable bonds is 5. The van der Waals surface area contributed by atoms with Gasteiger partial charge in [0, 0.05) is 21.2 Å². The second-order valence-electron chi connectivity index (χ2n) is 5.09. The highest BCUT2D eigenvalue weighted by Crippen LogP contribution is 2.29. The van der Waals surface area contributed by atoms with Crippen molar-refractivity contribution in [3.63, 3.8) is 0 Å². The SMILES string of the molecule is COc1ccc(C(=O)Nc2nnc(-c3cc(Cl)cc(Cl)c3)o2)cc1OC. The van der Waals surface area contributed by atoms with Crippen molar-refractivity contribution in [1.29, 1.82) is 0 Å². The van der Waals surface area contributed by atoms with Crippen molar-refractivity contribution in [3.05, 3.63) is 52.0 Å². The molecule has 0 aliphatic carbocycles. The number of halogens is 2. The van der Waals surface area contributed by atoms with Gasteiger partial charge in [0.25, 0.3) is 5.91 Å². The molecule has 0 aliphatic rings. The Morgan fingerprint density at radius 3 is 2.35 bits per heavy atom. The Morgan fingerprint density at radius 1 is 1.00 bits per heavy atom. The lowest BCUT2D eigenvalue weighted by Gasteiger charge is -2.08. The van der Waals surface area contributed by atoms with Crippen LogP contribution in [-0.4, -0.2) is 30.3 Å². The first-order valence-corrected chi connectivity index (χ1v) is 8.09. The number of aromatic nitrogens is 2. The van der Waals surface area contributed by atoms with Crippen LogP contribution in [-0.2, 0) is 0 Å². The minimum absolute atomic E-state index is 0.0594. The number of carbonyl (C=O) groups is 1. The predicted molar refractivity (Wildman–Crippen MR) is 97.3 cm³/mol. The second-order valence-corrected chi connectivity index (χ2v) is 5.97. The summed E-state index contributed by atoms with van der Waals surface area (Å²) in [6, 6.07) is 9.54. The van der Waals surface area contributed by atoms with E-state index < -0.39 is 5.91 Å². The van der Waals surface area contributed by atoms with Gasteiger partial charge in [-0.2, -0.15) is 0 Å². The van der Waals surface area contributed by atoms with E-state index in [4.69, 9.17) is 37.1 Å². The third kappa shape index (κ3) is 3.89. The molecular weight excluding hydrogens is 381 g/mol. The largest absolute Gasteiger partial charge is 0.493 e. The van der Waals surface area contributed by atoms with E-state index in [2.05, 4.69) is 15.5 Å². The third-order valence-electron chi connectivity index (χ3n) is 3.40. The maximum Gasteiger partial charge on any atom is 0.322 e. The minimum Gasteiger partial charge on any atom is -0.493 e. The molecule has 7 nitrogen and oxygen atoms in total. The summed E-state index contributed by atoms with van der Waals surface area (Å²) in [6.45, 7) is 0. The summed E-state index contributed by atoms with van der Waals surface area (Å²) in [4.78, 5) is 12.4. The first kappa shape index (κ1) is 18.0. The standard InChI is InChI=1S/C17H13Cl2N3O4/c1-24-13-4-3-9(7-14(13)25-2)15(23)20-17-22-21-16(26-17)10-5-11(18)8-12(19)6-10/h3-8H,1-2H3,(H,20,22,23). The molecule has 0 radical (unpaired) electrons. The van der Waals surface area contributed by atoms with Crippen LogP contribution >= 0.6 is 23.2 Å². The molecule has 1 N–H and O–H groups in total. The first-order valence-electron chi connectivity index (χ1n) is 7.33. The normalized spacial score (nSPS) is 10.5. The molecule has 3 rings (SSSR count). The van der Waals surface area contributed by atoms with E-state index in [9.17, 15) is 4.79 Å². The van der Waals surface area contributed by atoms with Crippen LogP contribution in [0, 0.1) is 0 Å². The second kappa shape index (κ2) is 7.63. The van der Waals surface area contributed by atoms with Gasteiger partial charge in [-0.1, -0.05) is 28.3 Å². The fourth-order valence-corrected chi connectivity index (χ4v) is 2.74. The molecule has 26 heavy (non-hydrogen) atoms. The van der Waals surface area contributed by atoms with Crippen LogP contribution in [0.25, 0.3) is 11.5 Å². The predicted octanol–water partition coefficient (Wildman–Crippen LogP) is 4.31. The zero-order valence-electron chi connectivity index (χ0n) is 13.7. The minimum atomic E-state index is -0.440. The van der Waals surface area contributed by atoms with Gasteiger partial charge in [-0.05, 0) is 36.4 Å². The lowest BCUT2D eigenvalue weighted by molar-refractivity contribution is 0.102. The molecule has 0 atom stereocenters. The van der Waals surface area contributed by atoms with Gasteiger partial charge in [-0.25, -0.2) is 0 Å². The maximum atomic E-state index is 12.4. The van der Waals surface area contributed by atoms with Crippen LogP contribution in [0.1, 0.15) is 10.4 Å². The Labute approximate surface area is 158 Å². The van der Waals surface area contributed by atoms with E-state index in [-0.39, 0.29) is 11.9 Å². The van der Waals surface area contributed by atoms with Gasteiger partial charge in [-0.15, -0.1) is 5.10 Å². The summed E-state index contributed by atoms with van der Waals surface area (Å²) in [7, 11) is 3.00. The first-order chi connectivity index (χ1) is 12.5. The summed E-state index contributed by atoms with van der Waals surface area (Å²) in [5.74, 6) is 0.684. The monoisotopic (exact) mass is 393 g/mol.